The van der Waals surface area contributed by atoms with E-state index >= 15 is 0 Å². The normalized spacial score (nSPS) is 13.2. The van der Waals surface area contributed by atoms with E-state index in [2.05, 4.69) is 22.3 Å². The maximum Gasteiger partial charge on any atom is 0.310 e. The number of rotatable bonds is 12. The first-order chi connectivity index (χ1) is 19.4. The highest BCUT2D eigenvalue weighted by Gasteiger charge is 2.19. The first kappa shape index (κ1) is 28.9. The van der Waals surface area contributed by atoms with Gasteiger partial charge in [0.1, 0.15) is 18.1 Å². The Bertz CT molecular complexity index is 1350. The highest BCUT2D eigenvalue weighted by atomic mass is 16.6. The Hall–Kier alpha value is -4.09. The number of hydrogen-bond donors (Lipinski definition) is 1. The zero-order valence-corrected chi connectivity index (χ0v) is 22.9. The number of unbranched alkanes of at least 4 members (excludes halogenated alkanes) is 1. The summed E-state index contributed by atoms with van der Waals surface area (Å²) < 4.78 is 17.2. The lowest BCUT2D eigenvalue weighted by Gasteiger charge is -2.26. The highest BCUT2D eigenvalue weighted by Crippen LogP contribution is 2.22. The Kier molecular flexibility index (Phi) is 10.4. The van der Waals surface area contributed by atoms with E-state index in [9.17, 15) is 14.4 Å². The molecule has 1 saturated heterocycles. The number of benzene rings is 1. The Morgan fingerprint density at radius 2 is 1.90 bits per heavy atom. The van der Waals surface area contributed by atoms with Gasteiger partial charge in [0.15, 0.2) is 0 Å². The second kappa shape index (κ2) is 14.3. The number of aromatic nitrogens is 3. The van der Waals surface area contributed by atoms with E-state index in [0.29, 0.717) is 56.6 Å². The minimum Gasteiger partial charge on any atom is -0.463 e. The van der Waals surface area contributed by atoms with Crippen LogP contribution in [-0.4, -0.2) is 77.7 Å². The van der Waals surface area contributed by atoms with Crippen molar-refractivity contribution in [3.63, 3.8) is 0 Å². The van der Waals surface area contributed by atoms with E-state index in [0.717, 1.165) is 24.0 Å². The first-order valence-corrected chi connectivity index (χ1v) is 13.5. The second-order valence-corrected chi connectivity index (χ2v) is 9.40. The standard InChI is InChI=1S/C29H35N5O6/c1-3-4-12-38-15-16-40-27(35)18-21-6-5-7-22(17-21)24-19-25(29(37)33(2)32-24)31-26-9-8-23(20-30-26)28(36)34-10-13-39-14-11-34/h5-9,17,19-20H,3-4,10-16,18H2,1-2H3,(H,30,31). The van der Waals surface area contributed by atoms with Crippen molar-refractivity contribution in [1.29, 1.82) is 0 Å². The topological polar surface area (TPSA) is 125 Å². The number of anilines is 2. The minimum absolute atomic E-state index is 0.103. The van der Waals surface area contributed by atoms with Gasteiger partial charge < -0.3 is 24.4 Å². The maximum absolute atomic E-state index is 12.8. The molecule has 0 saturated carbocycles. The monoisotopic (exact) mass is 549 g/mol. The third kappa shape index (κ3) is 7.96. The number of ether oxygens (including phenoxy) is 3. The molecule has 1 aliphatic heterocycles. The summed E-state index contributed by atoms with van der Waals surface area (Å²) >= 11 is 0. The predicted octanol–water partition coefficient (Wildman–Crippen LogP) is 2.96. The second-order valence-electron chi connectivity index (χ2n) is 9.40. The van der Waals surface area contributed by atoms with E-state index in [-0.39, 0.29) is 36.2 Å². The van der Waals surface area contributed by atoms with Crippen LogP contribution < -0.4 is 10.9 Å². The number of amides is 1. The molecule has 11 nitrogen and oxygen atoms in total. The van der Waals surface area contributed by atoms with Gasteiger partial charge >= 0.3 is 5.97 Å². The van der Waals surface area contributed by atoms with Crippen molar-refractivity contribution in [2.75, 3.05) is 51.4 Å². The Morgan fingerprint density at radius 1 is 1.07 bits per heavy atom. The smallest absolute Gasteiger partial charge is 0.310 e. The van der Waals surface area contributed by atoms with Gasteiger partial charge in [-0.3, -0.25) is 14.4 Å². The fraction of sp³-hybridized carbons (Fsp3) is 0.414. The van der Waals surface area contributed by atoms with Crippen molar-refractivity contribution < 1.29 is 23.8 Å². The van der Waals surface area contributed by atoms with Crippen LogP contribution in [0.1, 0.15) is 35.7 Å². The predicted molar refractivity (Wildman–Crippen MR) is 150 cm³/mol. The molecule has 1 aromatic carbocycles. The number of nitrogens with one attached hydrogen (secondary N) is 1. The van der Waals surface area contributed by atoms with Crippen molar-refractivity contribution in [2.45, 2.75) is 26.2 Å². The summed E-state index contributed by atoms with van der Waals surface area (Å²) in [5, 5.41) is 7.43. The number of nitrogens with zero attached hydrogens (tertiary/aromatic N) is 4. The molecule has 0 aliphatic carbocycles. The Labute approximate surface area is 233 Å². The van der Waals surface area contributed by atoms with Gasteiger partial charge in [-0.2, -0.15) is 5.10 Å². The molecule has 1 fully saturated rings. The summed E-state index contributed by atoms with van der Waals surface area (Å²) in [5.41, 5.74) is 2.46. The van der Waals surface area contributed by atoms with Crippen LogP contribution in [0.2, 0.25) is 0 Å². The van der Waals surface area contributed by atoms with Crippen LogP contribution in [0.4, 0.5) is 11.5 Å². The number of morpholine rings is 1. The molecule has 3 aromatic rings. The largest absolute Gasteiger partial charge is 0.463 e. The van der Waals surface area contributed by atoms with Crippen molar-refractivity contribution in [3.05, 3.63) is 70.1 Å². The molecule has 0 atom stereocenters. The fourth-order valence-electron chi connectivity index (χ4n) is 4.14. The average Bonchev–Trinajstić information content (AvgIpc) is 2.97. The van der Waals surface area contributed by atoms with E-state index in [1.807, 2.05) is 24.3 Å². The zero-order chi connectivity index (χ0) is 28.3. The summed E-state index contributed by atoms with van der Waals surface area (Å²) in [5.74, 6) is -0.0230. The van der Waals surface area contributed by atoms with Crippen molar-refractivity contribution >= 4 is 23.4 Å². The summed E-state index contributed by atoms with van der Waals surface area (Å²) in [7, 11) is 1.57. The van der Waals surface area contributed by atoms with E-state index < -0.39 is 0 Å². The van der Waals surface area contributed by atoms with Gasteiger partial charge in [0.2, 0.25) is 0 Å². The fourth-order valence-corrected chi connectivity index (χ4v) is 4.14. The van der Waals surface area contributed by atoms with Crippen molar-refractivity contribution in [2.24, 2.45) is 7.05 Å². The molecule has 0 spiro atoms. The minimum atomic E-state index is -0.339. The third-order valence-electron chi connectivity index (χ3n) is 6.34. The van der Waals surface area contributed by atoms with Crippen molar-refractivity contribution in [3.8, 4) is 11.3 Å². The summed E-state index contributed by atoms with van der Waals surface area (Å²) in [4.78, 5) is 43.8. The van der Waals surface area contributed by atoms with Crippen LogP contribution in [0.5, 0.6) is 0 Å². The molecule has 11 heteroatoms. The number of carbonyl (C=O) groups excluding carboxylic acids is 2. The van der Waals surface area contributed by atoms with Gasteiger partial charge in [-0.15, -0.1) is 0 Å². The van der Waals surface area contributed by atoms with E-state index in [1.165, 1.54) is 10.9 Å². The van der Waals surface area contributed by atoms with Crippen LogP contribution in [0.15, 0.2) is 53.5 Å². The molecule has 0 unspecified atom stereocenters. The number of hydrogen-bond acceptors (Lipinski definition) is 9. The molecule has 212 valence electrons. The van der Waals surface area contributed by atoms with E-state index in [4.69, 9.17) is 14.2 Å². The van der Waals surface area contributed by atoms with E-state index in [1.54, 1.807) is 30.1 Å². The molecule has 4 rings (SSSR count). The molecule has 3 heterocycles. The third-order valence-corrected chi connectivity index (χ3v) is 6.34. The molecule has 40 heavy (non-hydrogen) atoms. The molecule has 2 aromatic heterocycles. The average molecular weight is 550 g/mol. The summed E-state index contributed by atoms with van der Waals surface area (Å²) in [6, 6.07) is 12.4. The summed E-state index contributed by atoms with van der Waals surface area (Å²) in [6.45, 7) is 5.49. The molecule has 1 aliphatic rings. The van der Waals surface area contributed by atoms with Crippen LogP contribution in [0.3, 0.4) is 0 Å². The summed E-state index contributed by atoms with van der Waals surface area (Å²) in [6.07, 6.45) is 3.64. The molecule has 1 N–H and O–H groups in total. The van der Waals surface area contributed by atoms with Gasteiger partial charge in [0.25, 0.3) is 11.5 Å². The molecule has 0 bridgehead atoms. The number of aryl methyl sites for hydroxylation is 1. The van der Waals surface area contributed by atoms with Gasteiger partial charge in [-0.25, -0.2) is 9.67 Å². The van der Waals surface area contributed by atoms with Crippen LogP contribution >= 0.6 is 0 Å². The van der Waals surface area contributed by atoms with Gasteiger partial charge in [0, 0.05) is 38.5 Å². The molecular formula is C29H35N5O6. The van der Waals surface area contributed by atoms with Crippen molar-refractivity contribution in [1.82, 2.24) is 19.7 Å². The highest BCUT2D eigenvalue weighted by molar-refractivity contribution is 5.94. The van der Waals surface area contributed by atoms with Gasteiger partial charge in [-0.05, 0) is 36.2 Å². The SMILES string of the molecule is CCCCOCCOC(=O)Cc1cccc(-c2cc(Nc3ccc(C(=O)N4CCOCC4)cn3)c(=O)n(C)n2)c1. The van der Waals surface area contributed by atoms with Crippen LogP contribution in [0, 0.1) is 0 Å². The van der Waals surface area contributed by atoms with Gasteiger partial charge in [-0.1, -0.05) is 31.5 Å². The number of esters is 1. The lowest BCUT2D eigenvalue weighted by molar-refractivity contribution is -0.144. The van der Waals surface area contributed by atoms with Gasteiger partial charge in [0.05, 0.1) is 37.5 Å². The number of pyridine rings is 1. The first-order valence-electron chi connectivity index (χ1n) is 13.5. The number of carbonyl (C=O) groups is 2. The Morgan fingerprint density at radius 3 is 2.65 bits per heavy atom. The quantitative estimate of drug-likeness (QED) is 0.268. The molecule has 0 radical (unpaired) electrons. The lowest BCUT2D eigenvalue weighted by atomic mass is 10.1. The van der Waals surface area contributed by atoms with Crippen LogP contribution in [-0.2, 0) is 32.5 Å². The molecule has 1 amide bonds. The zero-order valence-electron chi connectivity index (χ0n) is 22.9. The molecular weight excluding hydrogens is 514 g/mol. The Balaban J connectivity index is 1.41. The van der Waals surface area contributed by atoms with Crippen LogP contribution in [0.25, 0.3) is 11.3 Å². The maximum atomic E-state index is 12.8. The lowest BCUT2D eigenvalue weighted by Crippen LogP contribution is -2.40.